The van der Waals surface area contributed by atoms with E-state index in [1.54, 1.807) is 0 Å². The zero-order valence-corrected chi connectivity index (χ0v) is 13.6. The molecule has 1 fully saturated rings. The van der Waals surface area contributed by atoms with Gasteiger partial charge in [0.2, 0.25) is 5.89 Å². The van der Waals surface area contributed by atoms with Crippen molar-refractivity contribution in [2.24, 2.45) is 11.1 Å². The highest BCUT2D eigenvalue weighted by Gasteiger charge is 2.54. The largest absolute Gasteiger partial charge is 0.378 e. The van der Waals surface area contributed by atoms with Crippen molar-refractivity contribution < 1.29 is 9.26 Å². The van der Waals surface area contributed by atoms with Gasteiger partial charge in [-0.2, -0.15) is 4.98 Å². The minimum atomic E-state index is 0.241. The lowest BCUT2D eigenvalue weighted by Gasteiger charge is -2.58. The fraction of sp³-hybridized carbons (Fsp3) is 0.867. The first-order chi connectivity index (χ1) is 10.1. The maximum absolute atomic E-state index is 5.93. The van der Waals surface area contributed by atoms with E-state index < -0.39 is 0 Å². The van der Waals surface area contributed by atoms with Gasteiger partial charge in [0.05, 0.1) is 19.2 Å². The highest BCUT2D eigenvalue weighted by molar-refractivity contribution is 5.07. The summed E-state index contributed by atoms with van der Waals surface area (Å²) in [5.74, 6) is 1.20. The normalized spacial score (nSPS) is 24.3. The molecule has 1 heterocycles. The van der Waals surface area contributed by atoms with E-state index >= 15 is 0 Å². The lowest BCUT2D eigenvalue weighted by Crippen LogP contribution is -2.63. The lowest BCUT2D eigenvalue weighted by atomic mass is 9.58. The number of aromatic nitrogens is 2. The van der Waals surface area contributed by atoms with Crippen molar-refractivity contribution in [2.45, 2.75) is 65.3 Å². The Labute approximate surface area is 127 Å². The molecule has 21 heavy (non-hydrogen) atoms. The van der Waals surface area contributed by atoms with Gasteiger partial charge in [0.1, 0.15) is 0 Å². The quantitative estimate of drug-likeness (QED) is 0.790. The number of nitrogens with two attached hydrogens (primary N) is 1. The Balaban J connectivity index is 2.03. The van der Waals surface area contributed by atoms with E-state index in [4.69, 9.17) is 15.0 Å². The Morgan fingerprint density at radius 3 is 2.62 bits per heavy atom. The van der Waals surface area contributed by atoms with Crippen LogP contribution < -0.4 is 5.73 Å². The van der Waals surface area contributed by atoms with Crippen molar-refractivity contribution in [3.8, 4) is 0 Å². The van der Waals surface area contributed by atoms with Crippen LogP contribution >= 0.6 is 0 Å². The molecule has 0 aromatic carbocycles. The van der Waals surface area contributed by atoms with E-state index in [0.29, 0.717) is 37.0 Å². The van der Waals surface area contributed by atoms with E-state index in [1.807, 2.05) is 0 Å². The van der Waals surface area contributed by atoms with Crippen molar-refractivity contribution in [3.05, 3.63) is 11.7 Å². The molecule has 1 aromatic rings. The van der Waals surface area contributed by atoms with Crippen LogP contribution in [0.5, 0.6) is 0 Å². The first-order valence-electron chi connectivity index (χ1n) is 7.94. The fourth-order valence-electron chi connectivity index (χ4n) is 3.73. The topological polar surface area (TPSA) is 77.4 Å². The summed E-state index contributed by atoms with van der Waals surface area (Å²) in [5.41, 5.74) is 5.74. The van der Waals surface area contributed by atoms with Gasteiger partial charge in [-0.05, 0) is 33.2 Å². The van der Waals surface area contributed by atoms with Gasteiger partial charge >= 0.3 is 0 Å². The zero-order chi connectivity index (χ0) is 15.5. The van der Waals surface area contributed by atoms with E-state index in [9.17, 15) is 0 Å². The van der Waals surface area contributed by atoms with Crippen LogP contribution in [0.2, 0.25) is 0 Å². The van der Waals surface area contributed by atoms with Crippen LogP contribution in [-0.4, -0.2) is 40.8 Å². The third kappa shape index (κ3) is 2.98. The maximum Gasteiger partial charge on any atom is 0.240 e. The second-order valence-corrected chi connectivity index (χ2v) is 5.86. The first-order valence-corrected chi connectivity index (χ1v) is 7.94. The number of ether oxygens (including phenoxy) is 1. The molecule has 0 saturated heterocycles. The second kappa shape index (κ2) is 6.85. The second-order valence-electron chi connectivity index (χ2n) is 5.86. The minimum Gasteiger partial charge on any atom is -0.378 e. The summed E-state index contributed by atoms with van der Waals surface area (Å²) in [7, 11) is 2.13. The van der Waals surface area contributed by atoms with E-state index in [-0.39, 0.29) is 5.41 Å². The molecule has 2 atom stereocenters. The molecule has 0 bridgehead atoms. The molecular weight excluding hydrogens is 268 g/mol. The number of hydrogen-bond donors (Lipinski definition) is 1. The number of nitrogens with zero attached hydrogens (tertiary/aromatic N) is 3. The molecule has 1 aromatic heterocycles. The predicted octanol–water partition coefficient (Wildman–Crippen LogP) is 1.94. The average Bonchev–Trinajstić information content (AvgIpc) is 2.92. The van der Waals surface area contributed by atoms with Crippen LogP contribution in [0.4, 0.5) is 0 Å². The Hall–Kier alpha value is -0.980. The molecule has 0 aliphatic heterocycles. The van der Waals surface area contributed by atoms with Gasteiger partial charge in [-0.25, -0.2) is 0 Å². The smallest absolute Gasteiger partial charge is 0.240 e. The Morgan fingerprint density at radius 2 is 2.10 bits per heavy atom. The van der Waals surface area contributed by atoms with Crippen molar-refractivity contribution in [2.75, 3.05) is 13.7 Å². The Kier molecular flexibility index (Phi) is 5.35. The van der Waals surface area contributed by atoms with Gasteiger partial charge in [0.25, 0.3) is 0 Å². The molecule has 1 aliphatic rings. The molecule has 1 aliphatic carbocycles. The molecular formula is C15H28N4O2. The zero-order valence-electron chi connectivity index (χ0n) is 13.6. The lowest BCUT2D eigenvalue weighted by molar-refractivity contribution is -0.169. The van der Waals surface area contributed by atoms with Gasteiger partial charge in [0, 0.05) is 18.1 Å². The van der Waals surface area contributed by atoms with Crippen molar-refractivity contribution >= 4 is 0 Å². The van der Waals surface area contributed by atoms with Gasteiger partial charge in [-0.15, -0.1) is 0 Å². The van der Waals surface area contributed by atoms with Crippen LogP contribution in [0.15, 0.2) is 4.52 Å². The summed E-state index contributed by atoms with van der Waals surface area (Å²) in [6.45, 7) is 8.36. The van der Waals surface area contributed by atoms with Crippen molar-refractivity contribution in [1.82, 2.24) is 15.0 Å². The first kappa shape index (κ1) is 16.4. The fourth-order valence-corrected chi connectivity index (χ4v) is 3.73. The van der Waals surface area contributed by atoms with E-state index in [1.165, 1.54) is 0 Å². The SMILES string of the molecule is CCOC1CC(N(C)Cc2noc(CN)n2)C1(CC)CC. The minimum absolute atomic E-state index is 0.241. The number of rotatable bonds is 8. The van der Waals surface area contributed by atoms with Crippen LogP contribution in [0.3, 0.4) is 0 Å². The molecule has 0 amide bonds. The Bertz CT molecular complexity index is 445. The Morgan fingerprint density at radius 1 is 1.38 bits per heavy atom. The van der Waals surface area contributed by atoms with Gasteiger partial charge in [-0.1, -0.05) is 19.0 Å². The standard InChI is InChI=1S/C15H28N4O2/c1-5-15(6-2)11(8-12(15)20-7-3)19(4)10-13-17-14(9-16)21-18-13/h11-12H,5-10,16H2,1-4H3. The highest BCUT2D eigenvalue weighted by atomic mass is 16.5. The van der Waals surface area contributed by atoms with Crippen molar-refractivity contribution in [3.63, 3.8) is 0 Å². The highest BCUT2D eigenvalue weighted by Crippen LogP contribution is 2.51. The summed E-state index contributed by atoms with van der Waals surface area (Å²) in [4.78, 5) is 6.62. The van der Waals surface area contributed by atoms with Crippen LogP contribution in [0.1, 0.15) is 51.7 Å². The van der Waals surface area contributed by atoms with Gasteiger partial charge in [-0.3, -0.25) is 4.90 Å². The van der Waals surface area contributed by atoms with E-state index in [0.717, 1.165) is 25.9 Å². The monoisotopic (exact) mass is 296 g/mol. The van der Waals surface area contributed by atoms with Crippen LogP contribution in [0.25, 0.3) is 0 Å². The molecule has 6 heteroatoms. The van der Waals surface area contributed by atoms with Crippen LogP contribution in [-0.2, 0) is 17.8 Å². The van der Waals surface area contributed by atoms with Crippen molar-refractivity contribution in [1.29, 1.82) is 0 Å². The molecule has 6 nitrogen and oxygen atoms in total. The molecule has 2 rings (SSSR count). The summed E-state index contributed by atoms with van der Waals surface area (Å²) in [6, 6.07) is 0.504. The number of hydrogen-bond acceptors (Lipinski definition) is 6. The molecule has 2 unspecified atom stereocenters. The van der Waals surface area contributed by atoms with Gasteiger partial charge in [0.15, 0.2) is 5.82 Å². The molecule has 1 saturated carbocycles. The third-order valence-electron chi connectivity index (χ3n) is 5.03. The van der Waals surface area contributed by atoms with Crippen LogP contribution in [0, 0.1) is 5.41 Å². The van der Waals surface area contributed by atoms with Gasteiger partial charge < -0.3 is 15.0 Å². The summed E-state index contributed by atoms with van der Waals surface area (Å²) >= 11 is 0. The average molecular weight is 296 g/mol. The van der Waals surface area contributed by atoms with E-state index in [2.05, 4.69) is 42.9 Å². The molecule has 0 spiro atoms. The third-order valence-corrected chi connectivity index (χ3v) is 5.03. The molecule has 0 radical (unpaired) electrons. The maximum atomic E-state index is 5.93. The predicted molar refractivity (Wildman–Crippen MR) is 80.5 cm³/mol. The summed E-state index contributed by atoms with van der Waals surface area (Å²) in [5, 5.41) is 3.98. The molecule has 120 valence electrons. The summed E-state index contributed by atoms with van der Waals surface area (Å²) in [6.07, 6.45) is 3.70. The molecule has 2 N–H and O–H groups in total. The summed E-state index contributed by atoms with van der Waals surface area (Å²) < 4.78 is 11.0.